The third kappa shape index (κ3) is 2.13. The van der Waals surface area contributed by atoms with Crippen LogP contribution in [0.25, 0.3) is 0 Å². The van der Waals surface area contributed by atoms with Crippen molar-refractivity contribution in [2.75, 3.05) is 13.1 Å². The van der Waals surface area contributed by atoms with E-state index in [1.54, 1.807) is 6.20 Å². The third-order valence-corrected chi connectivity index (χ3v) is 3.80. The molecular weight excluding hydrogens is 246 g/mol. The van der Waals surface area contributed by atoms with Crippen LogP contribution < -0.4 is 0 Å². The van der Waals surface area contributed by atoms with Crippen molar-refractivity contribution in [1.29, 1.82) is 0 Å². The number of aromatic nitrogens is 2. The Morgan fingerprint density at radius 3 is 2.89 bits per heavy atom. The van der Waals surface area contributed by atoms with Gasteiger partial charge in [0, 0.05) is 19.0 Å². The molecule has 2 aromatic rings. The van der Waals surface area contributed by atoms with Crippen molar-refractivity contribution in [3.8, 4) is 0 Å². The number of carbonyl (C=O) groups excluding carboxylic acids is 1. The first-order valence-electron chi connectivity index (χ1n) is 5.96. The van der Waals surface area contributed by atoms with Crippen molar-refractivity contribution in [1.82, 2.24) is 13.6 Å². The van der Waals surface area contributed by atoms with Crippen LogP contribution in [0.4, 0.5) is 0 Å². The summed E-state index contributed by atoms with van der Waals surface area (Å²) in [6.07, 6.45) is 2.57. The second-order valence-electron chi connectivity index (χ2n) is 4.44. The summed E-state index contributed by atoms with van der Waals surface area (Å²) >= 11 is 1.08. The number of rotatable bonds is 2. The average Bonchev–Trinajstić information content (AvgIpc) is 3.10. The smallest absolute Gasteiger partial charge is 0.275 e. The van der Waals surface area contributed by atoms with Crippen LogP contribution in [-0.2, 0) is 0 Å². The van der Waals surface area contributed by atoms with E-state index in [-0.39, 0.29) is 5.91 Å². The van der Waals surface area contributed by atoms with Gasteiger partial charge in [-0.3, -0.25) is 4.79 Å². The van der Waals surface area contributed by atoms with Crippen molar-refractivity contribution in [3.63, 3.8) is 0 Å². The summed E-state index contributed by atoms with van der Waals surface area (Å²) in [7, 11) is 0. The minimum Gasteiger partial charge on any atom is -0.337 e. The zero-order valence-corrected chi connectivity index (χ0v) is 10.6. The number of benzene rings is 1. The molecule has 0 spiro atoms. The van der Waals surface area contributed by atoms with Gasteiger partial charge in [-0.25, -0.2) is 0 Å². The molecule has 5 heteroatoms. The lowest BCUT2D eigenvalue weighted by molar-refractivity contribution is 0.0786. The lowest BCUT2D eigenvalue weighted by atomic mass is 9.99. The Kier molecular flexibility index (Phi) is 3.06. The van der Waals surface area contributed by atoms with E-state index in [2.05, 4.69) is 20.9 Å². The standard InChI is InChI=1S/C13H13N3OS/c17-13(12-8-14-18-15-12)16-7-6-11(9-16)10-4-2-1-3-5-10/h1-5,8,11H,6-7,9H2/t11-/m0/s1. The molecule has 3 rings (SSSR count). The third-order valence-electron chi connectivity index (χ3n) is 3.33. The summed E-state index contributed by atoms with van der Waals surface area (Å²) in [5.41, 5.74) is 1.78. The van der Waals surface area contributed by atoms with Gasteiger partial charge in [0.05, 0.1) is 17.9 Å². The monoisotopic (exact) mass is 259 g/mol. The number of nitrogens with zero attached hydrogens (tertiary/aromatic N) is 3. The highest BCUT2D eigenvalue weighted by atomic mass is 32.1. The summed E-state index contributed by atoms with van der Waals surface area (Å²) < 4.78 is 7.87. The summed E-state index contributed by atoms with van der Waals surface area (Å²) in [6.45, 7) is 1.58. The van der Waals surface area contributed by atoms with Crippen LogP contribution in [0, 0.1) is 0 Å². The minimum absolute atomic E-state index is 0.00202. The fourth-order valence-corrected chi connectivity index (χ4v) is 2.77. The van der Waals surface area contributed by atoms with Gasteiger partial charge in [-0.1, -0.05) is 30.3 Å². The Balaban J connectivity index is 1.71. The molecule has 0 radical (unpaired) electrons. The Hall–Kier alpha value is -1.75. The molecule has 1 aliphatic heterocycles. The summed E-state index contributed by atoms with van der Waals surface area (Å²) in [5, 5.41) is 0. The molecule has 1 amide bonds. The van der Waals surface area contributed by atoms with Crippen molar-refractivity contribution in [3.05, 3.63) is 47.8 Å². The number of hydrogen-bond donors (Lipinski definition) is 0. The Bertz CT molecular complexity index is 526. The van der Waals surface area contributed by atoms with Crippen molar-refractivity contribution in [2.24, 2.45) is 0 Å². The van der Waals surface area contributed by atoms with Gasteiger partial charge in [-0.05, 0) is 12.0 Å². The predicted octanol–water partition coefficient (Wildman–Crippen LogP) is 2.17. The largest absolute Gasteiger partial charge is 0.337 e. The summed E-state index contributed by atoms with van der Waals surface area (Å²) in [6, 6.07) is 10.4. The number of carbonyl (C=O) groups is 1. The average molecular weight is 259 g/mol. The summed E-state index contributed by atoms with van der Waals surface area (Å²) in [4.78, 5) is 14.0. The zero-order chi connectivity index (χ0) is 12.4. The van der Waals surface area contributed by atoms with Gasteiger partial charge in [0.1, 0.15) is 0 Å². The lowest BCUT2D eigenvalue weighted by Crippen LogP contribution is -2.28. The van der Waals surface area contributed by atoms with Crippen LogP contribution in [0.3, 0.4) is 0 Å². The SMILES string of the molecule is O=C(c1cnsn1)N1CC[C@H](c2ccccc2)C1. The molecule has 1 atom stereocenters. The maximum absolute atomic E-state index is 12.1. The molecule has 4 nitrogen and oxygen atoms in total. The minimum atomic E-state index is 0.00202. The van der Waals surface area contributed by atoms with E-state index >= 15 is 0 Å². The maximum atomic E-state index is 12.1. The number of amides is 1. The first kappa shape index (κ1) is 11.3. The quantitative estimate of drug-likeness (QED) is 0.830. The lowest BCUT2D eigenvalue weighted by Gasteiger charge is -2.15. The first-order chi connectivity index (χ1) is 8.84. The van der Waals surface area contributed by atoms with Crippen LogP contribution in [0.15, 0.2) is 36.5 Å². The number of likely N-dealkylation sites (tertiary alicyclic amines) is 1. The fourth-order valence-electron chi connectivity index (χ4n) is 2.36. The first-order valence-corrected chi connectivity index (χ1v) is 6.69. The molecule has 0 bridgehead atoms. The molecular formula is C13H13N3OS. The predicted molar refractivity (Wildman–Crippen MR) is 69.6 cm³/mol. The highest BCUT2D eigenvalue weighted by molar-refractivity contribution is 6.99. The van der Waals surface area contributed by atoms with Crippen LogP contribution in [-0.4, -0.2) is 32.6 Å². The molecule has 0 saturated carbocycles. The van der Waals surface area contributed by atoms with Gasteiger partial charge in [-0.2, -0.15) is 8.75 Å². The van der Waals surface area contributed by atoms with Crippen LogP contribution in [0.5, 0.6) is 0 Å². The maximum Gasteiger partial charge on any atom is 0.275 e. The van der Waals surface area contributed by atoms with E-state index in [4.69, 9.17) is 0 Å². The summed E-state index contributed by atoms with van der Waals surface area (Å²) in [5.74, 6) is 0.448. The molecule has 1 aliphatic rings. The topological polar surface area (TPSA) is 46.1 Å². The van der Waals surface area contributed by atoms with Crippen molar-refractivity contribution >= 4 is 17.6 Å². The molecule has 0 N–H and O–H groups in total. The van der Waals surface area contributed by atoms with Crippen molar-refractivity contribution in [2.45, 2.75) is 12.3 Å². The van der Waals surface area contributed by atoms with E-state index in [1.807, 2.05) is 23.1 Å². The van der Waals surface area contributed by atoms with E-state index in [0.717, 1.165) is 31.2 Å². The molecule has 2 heterocycles. The van der Waals surface area contributed by atoms with Gasteiger partial charge >= 0.3 is 0 Å². The van der Waals surface area contributed by atoms with Gasteiger partial charge in [0.25, 0.3) is 5.91 Å². The highest BCUT2D eigenvalue weighted by Crippen LogP contribution is 2.27. The molecule has 0 unspecified atom stereocenters. The highest BCUT2D eigenvalue weighted by Gasteiger charge is 2.28. The fraction of sp³-hybridized carbons (Fsp3) is 0.308. The van der Waals surface area contributed by atoms with E-state index in [1.165, 1.54) is 5.56 Å². The van der Waals surface area contributed by atoms with Crippen LogP contribution in [0.2, 0.25) is 0 Å². The van der Waals surface area contributed by atoms with Gasteiger partial charge in [-0.15, -0.1) is 0 Å². The second kappa shape index (κ2) is 4.86. The molecule has 1 saturated heterocycles. The van der Waals surface area contributed by atoms with Crippen LogP contribution >= 0.6 is 11.7 Å². The van der Waals surface area contributed by atoms with E-state index < -0.39 is 0 Å². The molecule has 0 aliphatic carbocycles. The molecule has 18 heavy (non-hydrogen) atoms. The Labute approximate surface area is 110 Å². The Morgan fingerprint density at radius 2 is 2.17 bits per heavy atom. The van der Waals surface area contributed by atoms with Crippen molar-refractivity contribution < 1.29 is 4.79 Å². The molecule has 1 aromatic heterocycles. The Morgan fingerprint density at radius 1 is 1.33 bits per heavy atom. The normalized spacial score (nSPS) is 19.1. The zero-order valence-electron chi connectivity index (χ0n) is 9.82. The number of hydrogen-bond acceptors (Lipinski definition) is 4. The van der Waals surface area contributed by atoms with Crippen LogP contribution in [0.1, 0.15) is 28.4 Å². The van der Waals surface area contributed by atoms with E-state index in [0.29, 0.717) is 11.6 Å². The molecule has 1 aromatic carbocycles. The molecule has 1 fully saturated rings. The van der Waals surface area contributed by atoms with E-state index in [9.17, 15) is 4.79 Å². The van der Waals surface area contributed by atoms with Gasteiger partial charge < -0.3 is 4.90 Å². The second-order valence-corrected chi connectivity index (χ2v) is 5.00. The molecule has 92 valence electrons. The van der Waals surface area contributed by atoms with Gasteiger partial charge in [0.2, 0.25) is 0 Å². The van der Waals surface area contributed by atoms with Gasteiger partial charge in [0.15, 0.2) is 5.69 Å².